The zero-order valence-corrected chi connectivity index (χ0v) is 13.0. The van der Waals surface area contributed by atoms with E-state index in [1.165, 1.54) is 0 Å². The molecule has 14 N–H and O–H groups in total. The fourth-order valence-electron chi connectivity index (χ4n) is 0. The van der Waals surface area contributed by atoms with Gasteiger partial charge in [-0.25, -0.2) is 0 Å². The number of halogens is 3. The third kappa shape index (κ3) is 232. The van der Waals surface area contributed by atoms with Gasteiger partial charge in [-0.05, 0) is 0 Å². The zero-order chi connectivity index (χ0) is 13.8. The van der Waals surface area contributed by atoms with Crippen molar-refractivity contribution < 1.29 is 16.4 Å². The fourth-order valence-corrected chi connectivity index (χ4v) is 0. The van der Waals surface area contributed by atoms with Crippen LogP contribution in [0.2, 0.25) is 0 Å². The Balaban J connectivity index is -0.0000000369. The van der Waals surface area contributed by atoms with Gasteiger partial charge in [0.25, 0.3) is 0 Å². The molecule has 0 aromatic carbocycles. The maximum absolute atomic E-state index is 4.90. The summed E-state index contributed by atoms with van der Waals surface area (Å²) >= 11 is 0. The van der Waals surface area contributed by atoms with Gasteiger partial charge in [-0.15, -0.1) is 0 Å². The monoisotopic (exact) mass is 362 g/mol. The molecule has 0 aliphatic heterocycles. The third-order valence-corrected chi connectivity index (χ3v) is 0.500. The van der Waals surface area contributed by atoms with Crippen LogP contribution in [0.1, 0.15) is 0 Å². The quantitative estimate of drug-likeness (QED) is 0.334. The Morgan fingerprint density at radius 2 is 0.588 bits per heavy atom. The first kappa shape index (κ1) is 30.8. The summed E-state index contributed by atoms with van der Waals surface area (Å²) in [6.07, 6.45) is 0. The predicted molar refractivity (Wildman–Crippen MR) is 75.5 cm³/mol. The average Bonchev–Trinajstić information content (AvgIpc) is 2.28. The summed E-state index contributed by atoms with van der Waals surface area (Å²) in [5.41, 5.74) is 29.4. The first-order valence-corrected chi connectivity index (χ1v) is 8.62. The molecule has 0 aromatic rings. The maximum atomic E-state index is 4.90. The van der Waals surface area contributed by atoms with Crippen molar-refractivity contribution in [2.45, 2.75) is 0 Å². The average molecular weight is 364 g/mol. The molecule has 0 saturated heterocycles. The van der Waals surface area contributed by atoms with E-state index < -0.39 is 10.9 Å². The van der Waals surface area contributed by atoms with Gasteiger partial charge in [0.05, 0.1) is 0 Å². The molecule has 0 unspecified atom stereocenters. The van der Waals surface area contributed by atoms with Gasteiger partial charge >= 0.3 is 41.4 Å². The summed E-state index contributed by atoms with van der Waals surface area (Å²) in [5.74, 6) is 0. The van der Waals surface area contributed by atoms with Crippen molar-refractivity contribution in [3.05, 3.63) is 0 Å². The molecule has 0 spiro atoms. The molecule has 0 saturated carbocycles. The SMILES string of the molecule is NCCN.NCCN.NCCN.O.[Cl][Co]([Cl])[Cl]. The van der Waals surface area contributed by atoms with E-state index >= 15 is 0 Å². The van der Waals surface area contributed by atoms with Crippen LogP contribution in [0, 0.1) is 0 Å². The molecular formula is C6H26Cl3CoN6O. The Bertz CT molecular complexity index is 70.5. The Morgan fingerprint density at radius 1 is 0.529 bits per heavy atom. The molecule has 0 aromatic heterocycles. The molecule has 0 aliphatic carbocycles. The van der Waals surface area contributed by atoms with Gasteiger partial charge in [-0.2, -0.15) is 0 Å². The molecule has 0 aliphatic rings. The van der Waals surface area contributed by atoms with Crippen LogP contribution in [0.25, 0.3) is 0 Å². The minimum atomic E-state index is -1.19. The van der Waals surface area contributed by atoms with Gasteiger partial charge < -0.3 is 39.9 Å². The van der Waals surface area contributed by atoms with Crippen molar-refractivity contribution in [1.82, 2.24) is 0 Å². The summed E-state index contributed by atoms with van der Waals surface area (Å²) < 4.78 is 0. The molecular weight excluding hydrogens is 337 g/mol. The molecule has 0 bridgehead atoms. The van der Waals surface area contributed by atoms with E-state index in [0.29, 0.717) is 39.3 Å². The van der Waals surface area contributed by atoms with Crippen LogP contribution in [0.3, 0.4) is 0 Å². The predicted octanol–water partition coefficient (Wildman–Crippen LogP) is -2.05. The summed E-state index contributed by atoms with van der Waals surface area (Å²) in [7, 11) is 13.4. The molecule has 0 radical (unpaired) electrons. The van der Waals surface area contributed by atoms with E-state index in [4.69, 9.17) is 64.8 Å². The fraction of sp³-hybridized carbons (Fsp3) is 1.00. The summed E-state index contributed by atoms with van der Waals surface area (Å²) in [4.78, 5) is 0. The second-order valence-corrected chi connectivity index (χ2v) is 7.03. The number of hydrogen-bond donors (Lipinski definition) is 6. The zero-order valence-electron chi connectivity index (χ0n) is 9.67. The van der Waals surface area contributed by atoms with Gasteiger partial charge in [0, 0.05) is 39.3 Å². The Hall–Kier alpha value is 1.10. The normalized spacial score (nSPS) is 7.94. The topological polar surface area (TPSA) is 188 Å². The van der Waals surface area contributed by atoms with E-state index in [1.54, 1.807) is 0 Å². The molecule has 0 amide bonds. The van der Waals surface area contributed by atoms with Gasteiger partial charge in [0.2, 0.25) is 0 Å². The standard InChI is InChI=1S/3C2H8N2.3ClH.Co.H2O/c3*3-1-2-4;;;;;/h3*1-4H2;3*1H;;1H2/q;;;;;;+3;/p-3. The third-order valence-electron chi connectivity index (χ3n) is 0.500. The molecule has 0 heterocycles. The summed E-state index contributed by atoms with van der Waals surface area (Å²) in [6.45, 7) is 3.58. The molecule has 7 nitrogen and oxygen atoms in total. The Labute approximate surface area is 120 Å². The van der Waals surface area contributed by atoms with Crippen LogP contribution in [0.5, 0.6) is 0 Å². The molecule has 17 heavy (non-hydrogen) atoms. The van der Waals surface area contributed by atoms with Crippen molar-refractivity contribution >= 4 is 30.4 Å². The molecule has 11 heteroatoms. The number of hydrogen-bond acceptors (Lipinski definition) is 6. The van der Waals surface area contributed by atoms with Crippen molar-refractivity contribution in [3.63, 3.8) is 0 Å². The van der Waals surface area contributed by atoms with Gasteiger partial charge in [0.1, 0.15) is 0 Å². The Kier molecular flexibility index (Phi) is 78.8. The van der Waals surface area contributed by atoms with Crippen LogP contribution in [0.4, 0.5) is 0 Å². The van der Waals surface area contributed by atoms with E-state index in [1.807, 2.05) is 0 Å². The summed E-state index contributed by atoms with van der Waals surface area (Å²) in [6, 6.07) is 0. The van der Waals surface area contributed by atoms with Gasteiger partial charge in [-0.3, -0.25) is 0 Å². The first-order chi connectivity index (χ1) is 7.47. The number of nitrogens with two attached hydrogens (primary N) is 6. The first-order valence-electron chi connectivity index (χ1n) is 4.33. The van der Waals surface area contributed by atoms with E-state index in [0.717, 1.165) is 0 Å². The van der Waals surface area contributed by atoms with E-state index in [9.17, 15) is 0 Å². The van der Waals surface area contributed by atoms with Crippen LogP contribution >= 0.6 is 30.4 Å². The molecule has 116 valence electrons. The van der Waals surface area contributed by atoms with Gasteiger partial charge in [0.15, 0.2) is 0 Å². The van der Waals surface area contributed by atoms with Crippen LogP contribution in [-0.2, 0) is 10.9 Å². The van der Waals surface area contributed by atoms with Crippen molar-refractivity contribution in [2.24, 2.45) is 34.4 Å². The second kappa shape index (κ2) is 43.5. The van der Waals surface area contributed by atoms with Gasteiger partial charge in [-0.1, -0.05) is 0 Å². The van der Waals surface area contributed by atoms with Crippen molar-refractivity contribution in [3.8, 4) is 0 Å². The van der Waals surface area contributed by atoms with E-state index in [-0.39, 0.29) is 5.48 Å². The molecule has 0 atom stereocenters. The minimum absolute atomic E-state index is 0. The van der Waals surface area contributed by atoms with Crippen LogP contribution in [0.15, 0.2) is 0 Å². The molecule has 0 rings (SSSR count). The van der Waals surface area contributed by atoms with Crippen molar-refractivity contribution in [2.75, 3.05) is 39.3 Å². The second-order valence-electron chi connectivity index (χ2n) is 1.87. The van der Waals surface area contributed by atoms with Crippen LogP contribution in [-0.4, -0.2) is 44.7 Å². The Morgan fingerprint density at radius 3 is 0.588 bits per heavy atom. The van der Waals surface area contributed by atoms with Crippen molar-refractivity contribution in [1.29, 1.82) is 0 Å². The summed E-state index contributed by atoms with van der Waals surface area (Å²) in [5, 5.41) is 0. The van der Waals surface area contributed by atoms with E-state index in [2.05, 4.69) is 0 Å². The van der Waals surface area contributed by atoms with Crippen LogP contribution < -0.4 is 34.4 Å². The number of rotatable bonds is 3. The molecule has 0 fully saturated rings.